The van der Waals surface area contributed by atoms with Crippen LogP contribution in [0.1, 0.15) is 11.1 Å². The molecule has 2 aromatic rings. The molecular formula is C18H18O2. The Balaban J connectivity index is 2.43. The number of allylic oxidation sites excluding steroid dienone is 2. The van der Waals surface area contributed by atoms with Crippen molar-refractivity contribution in [3.05, 3.63) is 72.8 Å². The van der Waals surface area contributed by atoms with Gasteiger partial charge in [-0.1, -0.05) is 30.4 Å². The zero-order valence-corrected chi connectivity index (χ0v) is 11.3. The third-order valence-corrected chi connectivity index (χ3v) is 3.20. The van der Waals surface area contributed by atoms with Gasteiger partial charge in [-0.15, -0.1) is 13.2 Å². The molecule has 0 aliphatic carbocycles. The molecule has 0 aromatic heterocycles. The van der Waals surface area contributed by atoms with E-state index in [4.69, 9.17) is 0 Å². The van der Waals surface area contributed by atoms with Crippen molar-refractivity contribution in [3.8, 4) is 22.6 Å². The SMILES string of the molecule is C=CCc1ccc(-c2ccc(O)c(CC=C)c2)c(O)c1. The minimum atomic E-state index is 0.236. The summed E-state index contributed by atoms with van der Waals surface area (Å²) < 4.78 is 0. The van der Waals surface area contributed by atoms with E-state index in [0.717, 1.165) is 28.7 Å². The first-order valence-electron chi connectivity index (χ1n) is 6.51. The van der Waals surface area contributed by atoms with E-state index in [0.29, 0.717) is 6.42 Å². The minimum Gasteiger partial charge on any atom is -0.508 e. The summed E-state index contributed by atoms with van der Waals surface area (Å²) in [6, 6.07) is 10.9. The third kappa shape index (κ3) is 2.91. The van der Waals surface area contributed by atoms with Crippen LogP contribution in [0.5, 0.6) is 11.5 Å². The van der Waals surface area contributed by atoms with Gasteiger partial charge in [-0.25, -0.2) is 0 Å². The fourth-order valence-electron chi connectivity index (χ4n) is 2.19. The van der Waals surface area contributed by atoms with Crippen molar-refractivity contribution < 1.29 is 10.2 Å². The first-order valence-corrected chi connectivity index (χ1v) is 6.51. The topological polar surface area (TPSA) is 40.5 Å². The molecule has 2 nitrogen and oxygen atoms in total. The molecule has 0 saturated heterocycles. The van der Waals surface area contributed by atoms with Crippen LogP contribution in [0.3, 0.4) is 0 Å². The summed E-state index contributed by atoms with van der Waals surface area (Å²) in [6.45, 7) is 7.37. The molecule has 0 fully saturated rings. The summed E-state index contributed by atoms with van der Waals surface area (Å²) in [5.74, 6) is 0.482. The van der Waals surface area contributed by atoms with Crippen LogP contribution >= 0.6 is 0 Å². The highest BCUT2D eigenvalue weighted by Gasteiger charge is 2.08. The Morgan fingerprint density at radius 1 is 0.850 bits per heavy atom. The van der Waals surface area contributed by atoms with Crippen molar-refractivity contribution in [3.63, 3.8) is 0 Å². The van der Waals surface area contributed by atoms with E-state index in [9.17, 15) is 10.2 Å². The van der Waals surface area contributed by atoms with Gasteiger partial charge in [-0.05, 0) is 47.7 Å². The largest absolute Gasteiger partial charge is 0.508 e. The summed E-state index contributed by atoms with van der Waals surface area (Å²) in [7, 11) is 0. The number of hydrogen-bond donors (Lipinski definition) is 2. The van der Waals surface area contributed by atoms with Crippen molar-refractivity contribution in [1.29, 1.82) is 0 Å². The summed E-state index contributed by atoms with van der Waals surface area (Å²) in [6.07, 6.45) is 4.86. The fourth-order valence-corrected chi connectivity index (χ4v) is 2.19. The predicted octanol–water partition coefficient (Wildman–Crippen LogP) is 4.22. The highest BCUT2D eigenvalue weighted by molar-refractivity contribution is 5.72. The molecule has 0 aliphatic rings. The Kier molecular flexibility index (Phi) is 4.26. The van der Waals surface area contributed by atoms with Gasteiger partial charge in [0.05, 0.1) is 0 Å². The van der Waals surface area contributed by atoms with Gasteiger partial charge in [-0.2, -0.15) is 0 Å². The van der Waals surface area contributed by atoms with E-state index < -0.39 is 0 Å². The number of phenolic OH excluding ortho intramolecular Hbond substituents is 2. The van der Waals surface area contributed by atoms with E-state index in [2.05, 4.69) is 13.2 Å². The van der Waals surface area contributed by atoms with Gasteiger partial charge >= 0.3 is 0 Å². The maximum Gasteiger partial charge on any atom is 0.123 e. The Morgan fingerprint density at radius 3 is 2.25 bits per heavy atom. The first kappa shape index (κ1) is 13.9. The molecule has 0 heterocycles. The quantitative estimate of drug-likeness (QED) is 0.795. The molecule has 20 heavy (non-hydrogen) atoms. The molecule has 0 spiro atoms. The molecule has 0 aliphatic heterocycles. The molecule has 0 atom stereocenters. The molecule has 0 bridgehead atoms. The molecule has 2 aromatic carbocycles. The molecule has 2 rings (SSSR count). The van der Waals surface area contributed by atoms with Gasteiger partial charge in [0, 0.05) is 5.56 Å². The van der Waals surface area contributed by atoms with Gasteiger partial charge in [0.15, 0.2) is 0 Å². The van der Waals surface area contributed by atoms with Gasteiger partial charge in [-0.3, -0.25) is 0 Å². The van der Waals surface area contributed by atoms with Crippen LogP contribution in [0.25, 0.3) is 11.1 Å². The maximum absolute atomic E-state index is 10.1. The molecular weight excluding hydrogens is 248 g/mol. The molecule has 0 saturated carbocycles. The van der Waals surface area contributed by atoms with Crippen molar-refractivity contribution >= 4 is 0 Å². The van der Waals surface area contributed by atoms with Crippen molar-refractivity contribution in [2.24, 2.45) is 0 Å². The van der Waals surface area contributed by atoms with Crippen LogP contribution < -0.4 is 0 Å². The van der Waals surface area contributed by atoms with Crippen LogP contribution in [0.15, 0.2) is 61.7 Å². The molecule has 0 radical (unpaired) electrons. The Hall–Kier alpha value is -2.48. The monoisotopic (exact) mass is 266 g/mol. The fraction of sp³-hybridized carbons (Fsp3) is 0.111. The van der Waals surface area contributed by atoms with Crippen LogP contribution in [0.4, 0.5) is 0 Å². The lowest BCUT2D eigenvalue weighted by Crippen LogP contribution is -1.87. The van der Waals surface area contributed by atoms with Crippen LogP contribution in [-0.4, -0.2) is 10.2 Å². The first-order chi connectivity index (χ1) is 9.65. The number of hydrogen-bond acceptors (Lipinski definition) is 2. The molecule has 0 unspecified atom stereocenters. The van der Waals surface area contributed by atoms with E-state index in [-0.39, 0.29) is 11.5 Å². The van der Waals surface area contributed by atoms with E-state index >= 15 is 0 Å². The predicted molar refractivity (Wildman–Crippen MR) is 83.0 cm³/mol. The average molecular weight is 266 g/mol. The van der Waals surface area contributed by atoms with Crippen molar-refractivity contribution in [1.82, 2.24) is 0 Å². The lowest BCUT2D eigenvalue weighted by atomic mass is 9.98. The second kappa shape index (κ2) is 6.11. The van der Waals surface area contributed by atoms with Crippen LogP contribution in [-0.2, 0) is 12.8 Å². The summed E-state index contributed by atoms with van der Waals surface area (Å²) >= 11 is 0. The third-order valence-electron chi connectivity index (χ3n) is 3.20. The molecule has 2 N–H and O–H groups in total. The summed E-state index contributed by atoms with van der Waals surface area (Å²) in [5.41, 5.74) is 3.45. The molecule has 0 amide bonds. The lowest BCUT2D eigenvalue weighted by Gasteiger charge is -2.09. The number of aromatic hydroxyl groups is 2. The zero-order valence-electron chi connectivity index (χ0n) is 11.3. The van der Waals surface area contributed by atoms with Crippen molar-refractivity contribution in [2.45, 2.75) is 12.8 Å². The average Bonchev–Trinajstić information content (AvgIpc) is 2.42. The van der Waals surface area contributed by atoms with Gasteiger partial charge in [0.1, 0.15) is 11.5 Å². The second-order valence-electron chi connectivity index (χ2n) is 4.68. The summed E-state index contributed by atoms with van der Waals surface area (Å²) in [5, 5.41) is 19.9. The minimum absolute atomic E-state index is 0.236. The Bertz CT molecular complexity index is 642. The normalized spacial score (nSPS) is 10.2. The second-order valence-corrected chi connectivity index (χ2v) is 4.68. The molecule has 2 heteroatoms. The lowest BCUT2D eigenvalue weighted by molar-refractivity contribution is 0.469. The number of phenols is 2. The highest BCUT2D eigenvalue weighted by Crippen LogP contribution is 2.33. The van der Waals surface area contributed by atoms with E-state index in [1.54, 1.807) is 30.4 Å². The summed E-state index contributed by atoms with van der Waals surface area (Å²) in [4.78, 5) is 0. The van der Waals surface area contributed by atoms with E-state index in [1.807, 2.05) is 18.2 Å². The Labute approximate surface area is 119 Å². The van der Waals surface area contributed by atoms with E-state index in [1.165, 1.54) is 0 Å². The maximum atomic E-state index is 10.1. The Morgan fingerprint density at radius 2 is 1.60 bits per heavy atom. The number of rotatable bonds is 5. The number of benzene rings is 2. The van der Waals surface area contributed by atoms with Crippen LogP contribution in [0.2, 0.25) is 0 Å². The van der Waals surface area contributed by atoms with Gasteiger partial charge in [0.25, 0.3) is 0 Å². The van der Waals surface area contributed by atoms with Crippen molar-refractivity contribution in [2.75, 3.05) is 0 Å². The zero-order chi connectivity index (χ0) is 14.5. The van der Waals surface area contributed by atoms with Gasteiger partial charge < -0.3 is 10.2 Å². The standard InChI is InChI=1S/C18H18O2/c1-3-5-13-7-9-16(18(20)11-13)14-8-10-17(19)15(12-14)6-4-2/h3-4,7-12,19-20H,1-2,5-6H2. The molecule has 102 valence electrons. The highest BCUT2D eigenvalue weighted by atomic mass is 16.3. The smallest absolute Gasteiger partial charge is 0.123 e. The van der Waals surface area contributed by atoms with Crippen LogP contribution in [0, 0.1) is 0 Å². The van der Waals surface area contributed by atoms with Gasteiger partial charge in [0.2, 0.25) is 0 Å².